The number of guanidine groups is 1. The van der Waals surface area contributed by atoms with Crippen LogP contribution in [0.4, 0.5) is 0 Å². The van der Waals surface area contributed by atoms with E-state index in [4.69, 9.17) is 4.98 Å². The Bertz CT molecular complexity index is 682. The Morgan fingerprint density at radius 3 is 2.60 bits per heavy atom. The van der Waals surface area contributed by atoms with Crippen molar-refractivity contribution < 1.29 is 0 Å². The lowest BCUT2D eigenvalue weighted by atomic mass is 9.93. The van der Waals surface area contributed by atoms with E-state index in [0.717, 1.165) is 43.4 Å². The first-order valence-corrected chi connectivity index (χ1v) is 10.5. The predicted octanol–water partition coefficient (Wildman–Crippen LogP) is 3.55. The van der Waals surface area contributed by atoms with Crippen LogP contribution >= 0.6 is 22.7 Å². The molecule has 0 saturated heterocycles. The number of nitrogens with zero attached hydrogens (tertiary/aromatic N) is 3. The van der Waals surface area contributed by atoms with E-state index in [1.54, 1.807) is 22.7 Å². The third-order valence-corrected chi connectivity index (χ3v) is 5.44. The van der Waals surface area contributed by atoms with E-state index >= 15 is 0 Å². The highest BCUT2D eigenvalue weighted by molar-refractivity contribution is 7.11. The maximum atomic E-state index is 4.73. The summed E-state index contributed by atoms with van der Waals surface area (Å²) in [7, 11) is 0. The molecule has 0 fully saturated rings. The van der Waals surface area contributed by atoms with E-state index in [0.29, 0.717) is 0 Å². The van der Waals surface area contributed by atoms with Gasteiger partial charge in [-0.25, -0.2) is 9.97 Å². The first kappa shape index (κ1) is 19.8. The molecular weight excluding hydrogens is 350 g/mol. The summed E-state index contributed by atoms with van der Waals surface area (Å²) in [5, 5.41) is 11.2. The average Bonchev–Trinajstić information content (AvgIpc) is 3.16. The lowest BCUT2D eigenvalue weighted by Gasteiger charge is -2.14. The minimum atomic E-state index is 0.114. The van der Waals surface area contributed by atoms with Gasteiger partial charge in [0, 0.05) is 54.3 Å². The summed E-state index contributed by atoms with van der Waals surface area (Å²) in [6.45, 7) is 13.2. The first-order valence-electron chi connectivity index (χ1n) is 8.77. The van der Waals surface area contributed by atoms with E-state index in [1.807, 2.05) is 6.20 Å². The topological polar surface area (TPSA) is 62.2 Å². The minimum Gasteiger partial charge on any atom is -0.357 e. The lowest BCUT2D eigenvalue weighted by Crippen LogP contribution is -2.38. The van der Waals surface area contributed by atoms with Gasteiger partial charge in [0.15, 0.2) is 5.96 Å². The number of hydrogen-bond donors (Lipinski definition) is 2. The van der Waals surface area contributed by atoms with Crippen LogP contribution in [0.5, 0.6) is 0 Å². The zero-order valence-corrected chi connectivity index (χ0v) is 17.5. The van der Waals surface area contributed by atoms with Gasteiger partial charge in [-0.05, 0) is 13.8 Å². The van der Waals surface area contributed by atoms with E-state index in [2.05, 4.69) is 60.6 Å². The minimum absolute atomic E-state index is 0.114. The van der Waals surface area contributed by atoms with Crippen molar-refractivity contribution >= 4 is 28.6 Å². The highest BCUT2D eigenvalue weighted by Crippen LogP contribution is 2.24. The van der Waals surface area contributed by atoms with Crippen molar-refractivity contribution in [2.24, 2.45) is 4.99 Å². The molecule has 0 bridgehead atoms. The van der Waals surface area contributed by atoms with Gasteiger partial charge in [0.1, 0.15) is 0 Å². The normalized spacial score (nSPS) is 12.4. The second kappa shape index (κ2) is 9.29. The summed E-state index contributed by atoms with van der Waals surface area (Å²) >= 11 is 3.48. The third-order valence-electron chi connectivity index (χ3n) is 3.56. The fourth-order valence-electron chi connectivity index (χ4n) is 2.18. The molecule has 0 radical (unpaired) electrons. The zero-order chi connectivity index (χ0) is 18.3. The van der Waals surface area contributed by atoms with Crippen molar-refractivity contribution in [2.45, 2.75) is 52.9 Å². The number of aryl methyl sites for hydroxylation is 1. The quantitative estimate of drug-likeness (QED) is 0.570. The molecule has 0 aromatic carbocycles. The van der Waals surface area contributed by atoms with Crippen molar-refractivity contribution in [3.05, 3.63) is 32.2 Å². The molecule has 138 valence electrons. The average molecular weight is 380 g/mol. The predicted molar refractivity (Wildman–Crippen MR) is 109 cm³/mol. The summed E-state index contributed by atoms with van der Waals surface area (Å²) in [5.74, 6) is 0.864. The number of nitrogens with one attached hydrogen (secondary N) is 2. The Morgan fingerprint density at radius 2 is 2.00 bits per heavy atom. The molecule has 0 saturated carbocycles. The molecule has 0 spiro atoms. The maximum Gasteiger partial charge on any atom is 0.191 e. The maximum absolute atomic E-state index is 4.73. The molecule has 0 aliphatic carbocycles. The number of thiazole rings is 2. The van der Waals surface area contributed by atoms with Gasteiger partial charge in [-0.1, -0.05) is 20.8 Å². The monoisotopic (exact) mass is 379 g/mol. The van der Waals surface area contributed by atoms with Gasteiger partial charge in [-0.15, -0.1) is 22.7 Å². The fraction of sp³-hybridized carbons (Fsp3) is 0.611. The van der Waals surface area contributed by atoms with Gasteiger partial charge < -0.3 is 10.6 Å². The van der Waals surface area contributed by atoms with Gasteiger partial charge in [0.2, 0.25) is 0 Å². The van der Waals surface area contributed by atoms with Crippen LogP contribution in [0.25, 0.3) is 0 Å². The van der Waals surface area contributed by atoms with Crippen molar-refractivity contribution in [3.63, 3.8) is 0 Å². The van der Waals surface area contributed by atoms with Crippen molar-refractivity contribution in [1.29, 1.82) is 0 Å². The van der Waals surface area contributed by atoms with Crippen LogP contribution in [0.15, 0.2) is 16.6 Å². The smallest absolute Gasteiger partial charge is 0.191 e. The van der Waals surface area contributed by atoms with Crippen molar-refractivity contribution in [3.8, 4) is 0 Å². The molecule has 2 heterocycles. The number of hydrogen-bond acceptors (Lipinski definition) is 5. The van der Waals surface area contributed by atoms with E-state index in [9.17, 15) is 0 Å². The summed E-state index contributed by atoms with van der Waals surface area (Å²) in [4.78, 5) is 15.0. The van der Waals surface area contributed by atoms with Gasteiger partial charge in [-0.3, -0.25) is 4.99 Å². The highest BCUT2D eigenvalue weighted by Gasteiger charge is 2.17. The van der Waals surface area contributed by atoms with Crippen LogP contribution in [-0.4, -0.2) is 35.6 Å². The molecule has 0 aliphatic heterocycles. The molecule has 5 nitrogen and oxygen atoms in total. The Morgan fingerprint density at radius 1 is 1.20 bits per heavy atom. The molecule has 2 aromatic rings. The molecule has 2 rings (SSSR count). The molecule has 0 atom stereocenters. The standard InChI is InChI=1S/C18H29N5S2/c1-6-19-17(20-9-7-15-22-11-13(2)25-15)21-10-8-16-23-14(12-24-16)18(3,4)5/h11-12H,6-10H2,1-5H3,(H2,19,20,21). The molecule has 0 amide bonds. The molecule has 7 heteroatoms. The van der Waals surface area contributed by atoms with Crippen LogP contribution < -0.4 is 10.6 Å². The van der Waals surface area contributed by atoms with Gasteiger partial charge in [0.05, 0.1) is 15.7 Å². The summed E-state index contributed by atoms with van der Waals surface area (Å²) in [5.41, 5.74) is 1.28. The fourth-order valence-corrected chi connectivity index (χ4v) is 3.98. The van der Waals surface area contributed by atoms with E-state index in [-0.39, 0.29) is 5.41 Å². The van der Waals surface area contributed by atoms with Crippen LogP contribution in [0.1, 0.15) is 48.3 Å². The molecule has 2 aromatic heterocycles. The number of rotatable bonds is 7. The van der Waals surface area contributed by atoms with Gasteiger partial charge in [0.25, 0.3) is 0 Å². The van der Waals surface area contributed by atoms with Crippen LogP contribution in [0, 0.1) is 6.92 Å². The number of aromatic nitrogens is 2. The highest BCUT2D eigenvalue weighted by atomic mass is 32.1. The molecule has 0 aliphatic rings. The molecule has 2 N–H and O–H groups in total. The Kier molecular flexibility index (Phi) is 7.38. The zero-order valence-electron chi connectivity index (χ0n) is 15.8. The second-order valence-electron chi connectivity index (χ2n) is 6.93. The van der Waals surface area contributed by atoms with Crippen LogP contribution in [-0.2, 0) is 18.3 Å². The van der Waals surface area contributed by atoms with Gasteiger partial charge >= 0.3 is 0 Å². The van der Waals surface area contributed by atoms with Crippen molar-refractivity contribution in [1.82, 2.24) is 20.6 Å². The molecule has 0 unspecified atom stereocenters. The first-order chi connectivity index (χ1) is 11.9. The van der Waals surface area contributed by atoms with E-state index < -0.39 is 0 Å². The Hall–Kier alpha value is -1.47. The molecule has 25 heavy (non-hydrogen) atoms. The second-order valence-corrected chi connectivity index (χ2v) is 9.19. The van der Waals surface area contributed by atoms with Gasteiger partial charge in [-0.2, -0.15) is 0 Å². The Labute approximate surface area is 159 Å². The largest absolute Gasteiger partial charge is 0.357 e. The lowest BCUT2D eigenvalue weighted by molar-refractivity contribution is 0.571. The summed E-state index contributed by atoms with van der Waals surface area (Å²) < 4.78 is 0. The van der Waals surface area contributed by atoms with Crippen LogP contribution in [0.2, 0.25) is 0 Å². The number of aliphatic imine (C=N–C) groups is 1. The third kappa shape index (κ3) is 6.74. The van der Waals surface area contributed by atoms with Crippen LogP contribution in [0.3, 0.4) is 0 Å². The van der Waals surface area contributed by atoms with Crippen molar-refractivity contribution in [2.75, 3.05) is 19.6 Å². The summed E-state index contributed by atoms with van der Waals surface area (Å²) in [6, 6.07) is 0. The Balaban J connectivity index is 1.81. The molecular formula is C18H29N5S2. The van der Waals surface area contributed by atoms with E-state index in [1.165, 1.54) is 15.6 Å². The summed E-state index contributed by atoms with van der Waals surface area (Å²) in [6.07, 6.45) is 3.73. The SMILES string of the molecule is CCNC(=NCCc1nc(C(C)(C)C)cs1)NCCc1ncc(C)s1.